The average molecular weight is 285 g/mol. The fourth-order valence-corrected chi connectivity index (χ4v) is 2.61. The maximum Gasteiger partial charge on any atom is 0.194 e. The molecule has 1 N–H and O–H groups in total. The first-order chi connectivity index (χ1) is 7.84. The Labute approximate surface area is 102 Å². The highest BCUT2D eigenvalue weighted by atomic mass is 79.9. The van der Waals surface area contributed by atoms with Crippen LogP contribution in [0.5, 0.6) is 0 Å². The molecule has 1 saturated heterocycles. The van der Waals surface area contributed by atoms with Crippen LogP contribution in [0.2, 0.25) is 0 Å². The van der Waals surface area contributed by atoms with Crippen LogP contribution in [0.25, 0.3) is 0 Å². The van der Waals surface area contributed by atoms with Gasteiger partial charge in [-0.1, -0.05) is 0 Å². The molecule has 0 aliphatic carbocycles. The summed E-state index contributed by atoms with van der Waals surface area (Å²) >= 11 is 3.37. The molecule has 3 aliphatic rings. The minimum absolute atomic E-state index is 0.171. The number of hydrogen-bond donors (Lipinski definition) is 1. The molecule has 0 aromatic rings. The first-order valence-electron chi connectivity index (χ1n) is 5.42. The smallest absolute Gasteiger partial charge is 0.194 e. The molecule has 3 aliphatic heterocycles. The molecule has 5 nitrogen and oxygen atoms in total. The third-order valence-electron chi connectivity index (χ3n) is 2.99. The van der Waals surface area contributed by atoms with Crippen LogP contribution in [0.4, 0.5) is 0 Å². The summed E-state index contributed by atoms with van der Waals surface area (Å²) in [4.78, 5) is 11.2. The van der Waals surface area contributed by atoms with Crippen molar-refractivity contribution in [2.75, 3.05) is 26.3 Å². The van der Waals surface area contributed by atoms with E-state index < -0.39 is 0 Å². The van der Waals surface area contributed by atoms with Gasteiger partial charge in [-0.3, -0.25) is 4.99 Å². The topological polar surface area (TPSA) is 49.2 Å². The number of hydrogen-bond acceptors (Lipinski definition) is 5. The van der Waals surface area contributed by atoms with E-state index in [2.05, 4.69) is 42.2 Å². The van der Waals surface area contributed by atoms with Crippen LogP contribution in [0.3, 0.4) is 0 Å². The van der Waals surface area contributed by atoms with Gasteiger partial charge in [-0.25, -0.2) is 4.99 Å². The summed E-state index contributed by atoms with van der Waals surface area (Å²) in [7, 11) is 0. The Morgan fingerprint density at radius 2 is 2.25 bits per heavy atom. The summed E-state index contributed by atoms with van der Waals surface area (Å²) in [5.74, 6) is 1.07. The third kappa shape index (κ3) is 1.76. The fraction of sp³-hybridized carbons (Fsp3) is 0.600. The number of ether oxygens (including phenoxy) is 1. The SMILES string of the molecule is BrC1=NC2C=CNC2C(N2CCOCC2)=N1. The van der Waals surface area contributed by atoms with Crippen molar-refractivity contribution in [1.82, 2.24) is 10.2 Å². The molecule has 0 aromatic carbocycles. The third-order valence-corrected chi connectivity index (χ3v) is 3.37. The number of amidine groups is 2. The lowest BCUT2D eigenvalue weighted by Crippen LogP contribution is -2.53. The molecule has 0 bridgehead atoms. The van der Waals surface area contributed by atoms with Gasteiger partial charge in [-0.05, 0) is 28.2 Å². The Hall–Kier alpha value is -0.880. The van der Waals surface area contributed by atoms with Crippen LogP contribution >= 0.6 is 15.9 Å². The summed E-state index contributed by atoms with van der Waals surface area (Å²) in [6, 6.07) is 0.365. The Kier molecular flexibility index (Phi) is 2.69. The normalized spacial score (nSPS) is 32.9. The molecule has 86 valence electrons. The van der Waals surface area contributed by atoms with E-state index in [4.69, 9.17) is 4.74 Å². The number of morpholine rings is 1. The van der Waals surface area contributed by atoms with E-state index in [1.807, 2.05) is 6.20 Å². The predicted octanol–water partition coefficient (Wildman–Crippen LogP) is 0.336. The molecular formula is C10H13BrN4O. The highest BCUT2D eigenvalue weighted by Gasteiger charge is 2.34. The van der Waals surface area contributed by atoms with Crippen molar-refractivity contribution in [3.05, 3.63) is 12.3 Å². The average Bonchev–Trinajstić information content (AvgIpc) is 2.77. The zero-order chi connectivity index (χ0) is 11.0. The number of aliphatic imine (C=N–C) groups is 2. The second-order valence-electron chi connectivity index (χ2n) is 3.96. The number of fused-ring (bicyclic) bond motifs is 1. The molecule has 0 radical (unpaired) electrons. The van der Waals surface area contributed by atoms with Gasteiger partial charge in [0.2, 0.25) is 0 Å². The van der Waals surface area contributed by atoms with Crippen molar-refractivity contribution < 1.29 is 4.74 Å². The molecule has 2 atom stereocenters. The summed E-state index contributed by atoms with van der Waals surface area (Å²) in [6.07, 6.45) is 4.03. The van der Waals surface area contributed by atoms with Gasteiger partial charge in [0.25, 0.3) is 0 Å². The maximum absolute atomic E-state index is 5.35. The van der Waals surface area contributed by atoms with Crippen molar-refractivity contribution in [3.63, 3.8) is 0 Å². The highest BCUT2D eigenvalue weighted by Crippen LogP contribution is 2.19. The van der Waals surface area contributed by atoms with Gasteiger partial charge in [0.1, 0.15) is 11.9 Å². The van der Waals surface area contributed by atoms with E-state index in [-0.39, 0.29) is 12.1 Å². The minimum atomic E-state index is 0.171. The summed E-state index contributed by atoms with van der Waals surface area (Å²) in [5, 5.41) is 3.30. The van der Waals surface area contributed by atoms with Gasteiger partial charge in [0.15, 0.2) is 4.74 Å². The molecule has 16 heavy (non-hydrogen) atoms. The van der Waals surface area contributed by atoms with Crippen molar-refractivity contribution in [1.29, 1.82) is 0 Å². The highest BCUT2D eigenvalue weighted by molar-refractivity contribution is 9.18. The number of nitrogens with zero attached hydrogens (tertiary/aromatic N) is 3. The maximum atomic E-state index is 5.35. The van der Waals surface area contributed by atoms with Gasteiger partial charge >= 0.3 is 0 Å². The van der Waals surface area contributed by atoms with Gasteiger partial charge < -0.3 is 15.0 Å². The molecule has 0 spiro atoms. The zero-order valence-electron chi connectivity index (χ0n) is 8.77. The molecule has 2 unspecified atom stereocenters. The van der Waals surface area contributed by atoms with E-state index in [1.165, 1.54) is 0 Å². The van der Waals surface area contributed by atoms with E-state index in [9.17, 15) is 0 Å². The lowest BCUT2D eigenvalue weighted by Gasteiger charge is -2.35. The summed E-state index contributed by atoms with van der Waals surface area (Å²) in [6.45, 7) is 3.37. The van der Waals surface area contributed by atoms with E-state index in [0.717, 1.165) is 32.1 Å². The first-order valence-corrected chi connectivity index (χ1v) is 6.21. The standard InChI is InChI=1S/C10H13BrN4O/c11-10-13-7-1-2-12-8(7)9(14-10)15-3-5-16-6-4-15/h1-2,7-8,12H,3-6H2. The van der Waals surface area contributed by atoms with Crippen LogP contribution in [0.1, 0.15) is 0 Å². The number of nitrogens with one attached hydrogen (secondary N) is 1. The Bertz CT molecular complexity index is 373. The van der Waals surface area contributed by atoms with Gasteiger partial charge in [-0.15, -0.1) is 0 Å². The quantitative estimate of drug-likeness (QED) is 0.653. The first kappa shape index (κ1) is 10.3. The molecule has 0 saturated carbocycles. The molecular weight excluding hydrogens is 272 g/mol. The van der Waals surface area contributed by atoms with Gasteiger partial charge in [-0.2, -0.15) is 0 Å². The molecule has 3 heterocycles. The molecule has 6 heteroatoms. The minimum Gasteiger partial charge on any atom is -0.379 e. The molecule has 0 aromatic heterocycles. The zero-order valence-corrected chi connectivity index (χ0v) is 10.4. The molecule has 1 fully saturated rings. The second kappa shape index (κ2) is 4.18. The Morgan fingerprint density at radius 1 is 1.44 bits per heavy atom. The van der Waals surface area contributed by atoms with Gasteiger partial charge in [0, 0.05) is 13.1 Å². The number of rotatable bonds is 0. The summed E-state index contributed by atoms with van der Waals surface area (Å²) in [5.41, 5.74) is 0. The Balaban J connectivity index is 1.84. The Morgan fingerprint density at radius 3 is 3.06 bits per heavy atom. The van der Waals surface area contributed by atoms with Crippen molar-refractivity contribution in [3.8, 4) is 0 Å². The molecule has 0 amide bonds. The largest absolute Gasteiger partial charge is 0.379 e. The monoisotopic (exact) mass is 284 g/mol. The van der Waals surface area contributed by atoms with Crippen LogP contribution in [0, 0.1) is 0 Å². The van der Waals surface area contributed by atoms with Crippen molar-refractivity contribution in [2.24, 2.45) is 9.98 Å². The van der Waals surface area contributed by atoms with Crippen LogP contribution in [-0.2, 0) is 4.74 Å². The second-order valence-corrected chi connectivity index (χ2v) is 4.67. The van der Waals surface area contributed by atoms with E-state index >= 15 is 0 Å². The lowest BCUT2D eigenvalue weighted by molar-refractivity contribution is 0.0665. The van der Waals surface area contributed by atoms with Crippen LogP contribution in [0.15, 0.2) is 22.3 Å². The lowest BCUT2D eigenvalue weighted by atomic mass is 10.1. The fourth-order valence-electron chi connectivity index (χ4n) is 2.19. The van der Waals surface area contributed by atoms with E-state index in [1.54, 1.807) is 0 Å². The summed E-state index contributed by atoms with van der Waals surface area (Å²) < 4.78 is 6.04. The van der Waals surface area contributed by atoms with Crippen molar-refractivity contribution >= 4 is 26.5 Å². The van der Waals surface area contributed by atoms with Gasteiger partial charge in [0.05, 0.1) is 19.3 Å². The van der Waals surface area contributed by atoms with E-state index in [0.29, 0.717) is 4.74 Å². The van der Waals surface area contributed by atoms with Crippen molar-refractivity contribution in [2.45, 2.75) is 12.1 Å². The predicted molar refractivity (Wildman–Crippen MR) is 66.0 cm³/mol. The number of halogens is 1. The van der Waals surface area contributed by atoms with Crippen LogP contribution < -0.4 is 5.32 Å². The van der Waals surface area contributed by atoms with Crippen LogP contribution in [-0.4, -0.2) is 53.9 Å². The molecule has 3 rings (SSSR count).